The second-order valence-corrected chi connectivity index (χ2v) is 10.8. The largest absolute Gasteiger partial charge is 0.491 e. The Hall–Kier alpha value is -3.39. The Kier molecular flexibility index (Phi) is 6.96. The monoisotopic (exact) mass is 519 g/mol. The first-order valence-electron chi connectivity index (χ1n) is 11.8. The number of nitrogens with two attached hydrogens (primary N) is 1. The molecule has 0 saturated heterocycles. The second kappa shape index (κ2) is 10.3. The standard InChI is InChI=1S/C28H26ClN3O3S/c29-22-11-5-8-20(18-22)19-32-27-24(13-7-14-25(27)35-17-4-3-16-30)28(31-32)36(33,34)26-15-6-10-21-9-1-2-12-23(21)26/h1-2,5-15,18H,3-4,16-17,19,30H2. The summed E-state index contributed by atoms with van der Waals surface area (Å²) >= 11 is 6.21. The Balaban J connectivity index is 1.68. The average Bonchev–Trinajstić information content (AvgIpc) is 3.26. The third-order valence-corrected chi connectivity index (χ3v) is 8.05. The molecule has 0 aliphatic rings. The molecule has 0 fully saturated rings. The molecule has 0 amide bonds. The van der Waals surface area contributed by atoms with Crippen LogP contribution in [0.25, 0.3) is 21.7 Å². The van der Waals surface area contributed by atoms with Gasteiger partial charge in [0.2, 0.25) is 9.84 Å². The predicted octanol–water partition coefficient (Wildman–Crippen LogP) is 5.84. The lowest BCUT2D eigenvalue weighted by Crippen LogP contribution is -2.07. The van der Waals surface area contributed by atoms with E-state index in [-0.39, 0.29) is 9.92 Å². The molecule has 4 aromatic carbocycles. The van der Waals surface area contributed by atoms with E-state index in [0.717, 1.165) is 23.8 Å². The van der Waals surface area contributed by atoms with Crippen LogP contribution in [0.1, 0.15) is 18.4 Å². The minimum absolute atomic E-state index is 0.00305. The number of ether oxygens (including phenoxy) is 1. The number of para-hydroxylation sites is 1. The molecule has 2 N–H and O–H groups in total. The van der Waals surface area contributed by atoms with Gasteiger partial charge in [-0.1, -0.05) is 66.2 Å². The van der Waals surface area contributed by atoms with Crippen LogP contribution in [0.4, 0.5) is 0 Å². The van der Waals surface area contributed by atoms with E-state index in [1.807, 2.05) is 54.6 Å². The lowest BCUT2D eigenvalue weighted by Gasteiger charge is -2.10. The molecule has 5 rings (SSSR count). The van der Waals surface area contributed by atoms with Crippen molar-refractivity contribution in [1.29, 1.82) is 0 Å². The van der Waals surface area contributed by atoms with Gasteiger partial charge in [0, 0.05) is 15.8 Å². The average molecular weight is 520 g/mol. The molecule has 0 radical (unpaired) electrons. The van der Waals surface area contributed by atoms with Crippen LogP contribution < -0.4 is 10.5 Å². The fraction of sp³-hybridized carbons (Fsp3) is 0.179. The van der Waals surface area contributed by atoms with Gasteiger partial charge in [-0.05, 0) is 60.7 Å². The third-order valence-electron chi connectivity index (χ3n) is 6.07. The molecule has 0 bridgehead atoms. The highest BCUT2D eigenvalue weighted by Crippen LogP contribution is 2.35. The van der Waals surface area contributed by atoms with Gasteiger partial charge in [0.15, 0.2) is 5.03 Å². The summed E-state index contributed by atoms with van der Waals surface area (Å²) in [5.41, 5.74) is 7.15. The summed E-state index contributed by atoms with van der Waals surface area (Å²) in [6, 6.07) is 25.6. The van der Waals surface area contributed by atoms with Crippen LogP contribution in [0, 0.1) is 0 Å². The highest BCUT2D eigenvalue weighted by molar-refractivity contribution is 7.91. The first-order valence-corrected chi connectivity index (χ1v) is 13.6. The van der Waals surface area contributed by atoms with Crippen LogP contribution in [-0.2, 0) is 16.4 Å². The zero-order valence-electron chi connectivity index (χ0n) is 19.6. The van der Waals surface area contributed by atoms with Gasteiger partial charge >= 0.3 is 0 Å². The molecular formula is C28H26ClN3O3S. The molecule has 0 aliphatic carbocycles. The second-order valence-electron chi connectivity index (χ2n) is 8.57. The molecule has 1 heterocycles. The van der Waals surface area contributed by atoms with E-state index in [1.54, 1.807) is 35.0 Å². The molecule has 8 heteroatoms. The van der Waals surface area contributed by atoms with Gasteiger partial charge in [-0.2, -0.15) is 5.10 Å². The maximum Gasteiger partial charge on any atom is 0.226 e. The van der Waals surface area contributed by atoms with Crippen molar-refractivity contribution in [2.75, 3.05) is 13.2 Å². The summed E-state index contributed by atoms with van der Waals surface area (Å²) in [6.07, 6.45) is 1.65. The van der Waals surface area contributed by atoms with Crippen LogP contribution in [-0.4, -0.2) is 31.3 Å². The topological polar surface area (TPSA) is 87.2 Å². The van der Waals surface area contributed by atoms with Crippen molar-refractivity contribution in [3.8, 4) is 5.75 Å². The Bertz CT molecular complexity index is 1640. The Morgan fingerprint density at radius 1 is 0.889 bits per heavy atom. The van der Waals surface area contributed by atoms with Crippen LogP contribution in [0.3, 0.4) is 0 Å². The minimum Gasteiger partial charge on any atom is -0.491 e. The van der Waals surface area contributed by atoms with E-state index in [1.165, 1.54) is 0 Å². The SMILES string of the molecule is NCCCCOc1cccc2c(S(=O)(=O)c3cccc4ccccc34)nn(Cc3cccc(Cl)c3)c12. The first-order chi connectivity index (χ1) is 17.5. The van der Waals surface area contributed by atoms with Gasteiger partial charge in [-0.3, -0.25) is 4.68 Å². The van der Waals surface area contributed by atoms with Crippen molar-refractivity contribution in [3.05, 3.63) is 95.5 Å². The number of rotatable bonds is 9. The molecule has 0 atom stereocenters. The molecule has 0 saturated carbocycles. The number of sulfone groups is 1. The first kappa shape index (κ1) is 24.3. The number of hydrogen-bond donors (Lipinski definition) is 1. The molecule has 184 valence electrons. The van der Waals surface area contributed by atoms with Gasteiger partial charge in [0.1, 0.15) is 11.3 Å². The normalized spacial score (nSPS) is 11.8. The number of unbranched alkanes of at least 4 members (excludes halogenated alkanes) is 1. The summed E-state index contributed by atoms with van der Waals surface area (Å²) < 4.78 is 35.9. The number of fused-ring (bicyclic) bond motifs is 2. The molecule has 0 spiro atoms. The maximum absolute atomic E-state index is 14.0. The lowest BCUT2D eigenvalue weighted by atomic mass is 10.1. The molecular weight excluding hydrogens is 494 g/mol. The van der Waals surface area contributed by atoms with Crippen molar-refractivity contribution in [1.82, 2.24) is 9.78 Å². The van der Waals surface area contributed by atoms with Gasteiger partial charge in [0.25, 0.3) is 0 Å². The zero-order valence-corrected chi connectivity index (χ0v) is 21.2. The summed E-state index contributed by atoms with van der Waals surface area (Å²) in [5, 5.41) is 7.29. The molecule has 0 unspecified atom stereocenters. The molecule has 36 heavy (non-hydrogen) atoms. The summed E-state index contributed by atoms with van der Waals surface area (Å²) in [7, 11) is -3.95. The Morgan fingerprint density at radius 3 is 2.47 bits per heavy atom. The van der Waals surface area contributed by atoms with Crippen LogP contribution in [0.15, 0.2) is 94.9 Å². The molecule has 1 aromatic heterocycles. The van der Waals surface area contributed by atoms with Crippen LogP contribution in [0.2, 0.25) is 5.02 Å². The van der Waals surface area contributed by atoms with E-state index in [9.17, 15) is 8.42 Å². The lowest BCUT2D eigenvalue weighted by molar-refractivity contribution is 0.310. The van der Waals surface area contributed by atoms with E-state index in [2.05, 4.69) is 5.10 Å². The number of nitrogens with zero attached hydrogens (tertiary/aromatic N) is 2. The van der Waals surface area contributed by atoms with E-state index >= 15 is 0 Å². The van der Waals surface area contributed by atoms with Gasteiger partial charge in [-0.15, -0.1) is 0 Å². The van der Waals surface area contributed by atoms with Crippen LogP contribution >= 0.6 is 11.6 Å². The quantitative estimate of drug-likeness (QED) is 0.247. The smallest absolute Gasteiger partial charge is 0.226 e. The van der Waals surface area contributed by atoms with E-state index < -0.39 is 9.84 Å². The number of aromatic nitrogens is 2. The summed E-state index contributed by atoms with van der Waals surface area (Å²) in [5.74, 6) is 0.582. The van der Waals surface area contributed by atoms with Gasteiger partial charge in [0.05, 0.1) is 18.0 Å². The van der Waals surface area contributed by atoms with Gasteiger partial charge < -0.3 is 10.5 Å². The number of hydrogen-bond acceptors (Lipinski definition) is 5. The Labute approximate surface area is 215 Å². The molecule has 6 nitrogen and oxygen atoms in total. The summed E-state index contributed by atoms with van der Waals surface area (Å²) in [6.45, 7) is 1.41. The van der Waals surface area contributed by atoms with E-state index in [0.29, 0.717) is 46.8 Å². The Morgan fingerprint density at radius 2 is 1.64 bits per heavy atom. The number of benzene rings is 4. The predicted molar refractivity (Wildman–Crippen MR) is 143 cm³/mol. The van der Waals surface area contributed by atoms with Crippen molar-refractivity contribution in [2.45, 2.75) is 29.3 Å². The maximum atomic E-state index is 14.0. The summed E-state index contributed by atoms with van der Waals surface area (Å²) in [4.78, 5) is 0.226. The molecule has 0 aliphatic heterocycles. The van der Waals surface area contributed by atoms with E-state index in [4.69, 9.17) is 22.1 Å². The van der Waals surface area contributed by atoms with Crippen molar-refractivity contribution in [2.24, 2.45) is 5.73 Å². The van der Waals surface area contributed by atoms with Crippen molar-refractivity contribution in [3.63, 3.8) is 0 Å². The number of halogens is 1. The zero-order chi connectivity index (χ0) is 25.1. The van der Waals surface area contributed by atoms with Gasteiger partial charge in [-0.25, -0.2) is 8.42 Å². The third kappa shape index (κ3) is 4.69. The highest BCUT2D eigenvalue weighted by Gasteiger charge is 2.28. The van der Waals surface area contributed by atoms with Crippen molar-refractivity contribution >= 4 is 43.1 Å². The molecule has 5 aromatic rings. The highest BCUT2D eigenvalue weighted by atomic mass is 35.5. The minimum atomic E-state index is -3.95. The fourth-order valence-corrected chi connectivity index (χ4v) is 6.19. The van der Waals surface area contributed by atoms with Crippen molar-refractivity contribution < 1.29 is 13.2 Å². The van der Waals surface area contributed by atoms with Crippen LogP contribution in [0.5, 0.6) is 5.75 Å². The fourth-order valence-electron chi connectivity index (χ4n) is 4.37.